The molecule has 0 bridgehead atoms. The van der Waals surface area contributed by atoms with Gasteiger partial charge in [-0.05, 0) is 62.3 Å². The second-order valence-electron chi connectivity index (χ2n) is 12.5. The van der Waals surface area contributed by atoms with Crippen LogP contribution in [0.5, 0.6) is 5.75 Å². The Labute approximate surface area is 218 Å². The number of hydrogen-bond acceptors (Lipinski definition) is 6. The molecular weight excluding hydrogens is 471 g/mol. The van der Waals surface area contributed by atoms with Gasteiger partial charge in [0.2, 0.25) is 0 Å². The predicted molar refractivity (Wildman–Crippen MR) is 151 cm³/mol. The molecule has 2 aromatic carbocycles. The maximum Gasteiger partial charge on any atom is 0.400 e. The third kappa shape index (κ3) is 5.46. The Morgan fingerprint density at radius 2 is 1.42 bits per heavy atom. The van der Waals surface area contributed by atoms with Gasteiger partial charge in [0.15, 0.2) is 5.75 Å². The van der Waals surface area contributed by atoms with E-state index in [1.165, 1.54) is 5.56 Å². The van der Waals surface area contributed by atoms with E-state index in [9.17, 15) is 4.57 Å². The first kappa shape index (κ1) is 28.6. The molecule has 2 aromatic rings. The van der Waals surface area contributed by atoms with Crippen LogP contribution >= 0.6 is 7.60 Å². The van der Waals surface area contributed by atoms with Crippen molar-refractivity contribution in [2.45, 2.75) is 97.7 Å². The van der Waals surface area contributed by atoms with Crippen LogP contribution in [0.25, 0.3) is 0 Å². The highest BCUT2D eigenvalue weighted by molar-refractivity contribution is 7.55. The summed E-state index contributed by atoms with van der Waals surface area (Å²) in [6.45, 7) is 20.5. The van der Waals surface area contributed by atoms with E-state index in [4.69, 9.17) is 13.8 Å². The SMILES string of the molecule is CC(C)OP(=O)(OC(C)C)C1(c2ccc(N(C)C)cc2)Nc2cc(C(C)(C)C)cc(C(C)(C)C)c2O1. The summed E-state index contributed by atoms with van der Waals surface area (Å²) in [5.41, 5.74) is 2.90. The van der Waals surface area contributed by atoms with Crippen LogP contribution in [-0.2, 0) is 29.9 Å². The van der Waals surface area contributed by atoms with Gasteiger partial charge in [0.1, 0.15) is 0 Å². The topological polar surface area (TPSA) is 60.0 Å². The first-order valence-corrected chi connectivity index (χ1v) is 14.3. The molecule has 1 aliphatic rings. The molecule has 200 valence electrons. The molecule has 0 aliphatic carbocycles. The molecule has 1 atom stereocenters. The van der Waals surface area contributed by atoms with E-state index < -0.39 is 13.1 Å². The molecule has 0 amide bonds. The molecule has 36 heavy (non-hydrogen) atoms. The summed E-state index contributed by atoms with van der Waals surface area (Å²) in [4.78, 5) is 2.02. The fourth-order valence-electron chi connectivity index (χ4n) is 4.30. The zero-order valence-corrected chi connectivity index (χ0v) is 25.0. The highest BCUT2D eigenvalue weighted by Crippen LogP contribution is 2.69. The van der Waals surface area contributed by atoms with Crippen molar-refractivity contribution < 1.29 is 18.3 Å². The van der Waals surface area contributed by atoms with Gasteiger partial charge in [-0.1, -0.05) is 59.7 Å². The molecule has 1 N–H and O–H groups in total. The highest BCUT2D eigenvalue weighted by Gasteiger charge is 2.60. The van der Waals surface area contributed by atoms with Crippen molar-refractivity contribution in [1.82, 2.24) is 0 Å². The summed E-state index contributed by atoms with van der Waals surface area (Å²) < 4.78 is 34.0. The lowest BCUT2D eigenvalue weighted by molar-refractivity contribution is 0.0793. The fraction of sp³-hybridized carbons (Fsp3) is 0.586. The van der Waals surface area contributed by atoms with Gasteiger partial charge in [-0.2, -0.15) is 0 Å². The van der Waals surface area contributed by atoms with Crippen LogP contribution in [0.2, 0.25) is 0 Å². The quantitative estimate of drug-likeness (QED) is 0.376. The Morgan fingerprint density at radius 1 is 0.889 bits per heavy atom. The van der Waals surface area contributed by atoms with Gasteiger partial charge in [-0.25, -0.2) is 0 Å². The molecule has 0 saturated heterocycles. The second kappa shape index (κ2) is 9.70. The molecular formula is C29H45N2O4P. The first-order chi connectivity index (χ1) is 16.4. The van der Waals surface area contributed by atoms with E-state index >= 15 is 0 Å². The lowest BCUT2D eigenvalue weighted by Gasteiger charge is -2.37. The van der Waals surface area contributed by atoms with Crippen LogP contribution in [0, 0.1) is 0 Å². The van der Waals surface area contributed by atoms with Crippen molar-refractivity contribution in [3.05, 3.63) is 53.1 Å². The summed E-state index contributed by atoms with van der Waals surface area (Å²) in [6, 6.07) is 12.2. The Hall–Kier alpha value is -2.01. The molecule has 6 nitrogen and oxygen atoms in total. The minimum absolute atomic E-state index is 0.0815. The van der Waals surface area contributed by atoms with Crippen molar-refractivity contribution in [3.8, 4) is 5.75 Å². The van der Waals surface area contributed by atoms with Crippen LogP contribution in [-0.4, -0.2) is 26.3 Å². The van der Waals surface area contributed by atoms with Crippen molar-refractivity contribution in [2.24, 2.45) is 0 Å². The molecule has 0 aromatic heterocycles. The standard InChI is InChI=1S/C29H45N2O4P/c1-19(2)34-36(32,35-20(3)4)29(21-13-15-23(16-14-21)31(11)12)30-25-18-22(27(5,6)7)17-24(26(25)33-29)28(8,9)10/h13-20,30H,1-12H3. The third-order valence-corrected chi connectivity index (χ3v) is 8.81. The number of benzene rings is 2. The van der Waals surface area contributed by atoms with Gasteiger partial charge < -0.3 is 24.0 Å². The molecule has 1 aliphatic heterocycles. The van der Waals surface area contributed by atoms with E-state index in [-0.39, 0.29) is 23.0 Å². The lowest BCUT2D eigenvalue weighted by Crippen LogP contribution is -2.40. The minimum Gasteiger partial charge on any atom is -0.450 e. The first-order valence-electron chi connectivity index (χ1n) is 12.8. The normalized spacial score (nSPS) is 18.3. The molecule has 0 fully saturated rings. The molecule has 1 heterocycles. The molecule has 0 spiro atoms. The van der Waals surface area contributed by atoms with Crippen LogP contribution < -0.4 is 15.0 Å². The zero-order valence-electron chi connectivity index (χ0n) is 24.1. The molecule has 7 heteroatoms. The van der Waals surface area contributed by atoms with Crippen molar-refractivity contribution in [2.75, 3.05) is 24.3 Å². The Bertz CT molecular complexity index is 1110. The highest BCUT2D eigenvalue weighted by atomic mass is 31.2. The summed E-state index contributed by atoms with van der Waals surface area (Å²) in [5.74, 6) is 0.687. The van der Waals surface area contributed by atoms with Gasteiger partial charge in [0.05, 0.1) is 17.9 Å². The van der Waals surface area contributed by atoms with Gasteiger partial charge in [-0.15, -0.1) is 0 Å². The number of anilines is 2. The number of ether oxygens (including phenoxy) is 1. The molecule has 1 unspecified atom stereocenters. The number of hydrogen-bond donors (Lipinski definition) is 1. The monoisotopic (exact) mass is 516 g/mol. The number of nitrogens with zero attached hydrogens (tertiary/aromatic N) is 1. The Morgan fingerprint density at radius 3 is 1.83 bits per heavy atom. The molecule has 0 saturated carbocycles. The maximum atomic E-state index is 14.8. The van der Waals surface area contributed by atoms with Crippen molar-refractivity contribution in [1.29, 1.82) is 0 Å². The van der Waals surface area contributed by atoms with E-state index in [0.29, 0.717) is 11.3 Å². The van der Waals surface area contributed by atoms with E-state index in [2.05, 4.69) is 59.0 Å². The van der Waals surface area contributed by atoms with E-state index in [1.54, 1.807) is 0 Å². The van der Waals surface area contributed by atoms with Crippen LogP contribution in [0.1, 0.15) is 85.9 Å². The van der Waals surface area contributed by atoms with E-state index in [0.717, 1.165) is 16.9 Å². The summed E-state index contributed by atoms with van der Waals surface area (Å²) in [6.07, 6.45) is -0.678. The van der Waals surface area contributed by atoms with Crippen molar-refractivity contribution in [3.63, 3.8) is 0 Å². The average Bonchev–Trinajstić information content (AvgIpc) is 3.12. The van der Waals surface area contributed by atoms with Crippen LogP contribution in [0.4, 0.5) is 11.4 Å². The number of nitrogens with one attached hydrogen (secondary N) is 1. The average molecular weight is 517 g/mol. The van der Waals surface area contributed by atoms with Gasteiger partial charge >= 0.3 is 13.1 Å². The largest absolute Gasteiger partial charge is 0.450 e. The van der Waals surface area contributed by atoms with Crippen LogP contribution in [0.3, 0.4) is 0 Å². The fourth-order valence-corrected chi connectivity index (χ4v) is 6.69. The smallest absolute Gasteiger partial charge is 0.400 e. The predicted octanol–water partition coefficient (Wildman–Crippen LogP) is 8.01. The van der Waals surface area contributed by atoms with Gasteiger partial charge in [0, 0.05) is 30.9 Å². The zero-order chi connectivity index (χ0) is 27.3. The molecule has 3 rings (SSSR count). The van der Waals surface area contributed by atoms with Gasteiger partial charge in [-0.3, -0.25) is 4.57 Å². The maximum absolute atomic E-state index is 14.8. The minimum atomic E-state index is -3.93. The van der Waals surface area contributed by atoms with Crippen LogP contribution in [0.15, 0.2) is 36.4 Å². The second-order valence-corrected chi connectivity index (χ2v) is 14.6. The van der Waals surface area contributed by atoms with E-state index in [1.807, 2.05) is 71.0 Å². The number of rotatable bonds is 7. The van der Waals surface area contributed by atoms with Gasteiger partial charge in [0.25, 0.3) is 0 Å². The summed E-state index contributed by atoms with van der Waals surface area (Å²) in [7, 11) is 0.0500. The summed E-state index contributed by atoms with van der Waals surface area (Å²) in [5, 5.41) is 3.54. The van der Waals surface area contributed by atoms with Crippen molar-refractivity contribution >= 4 is 19.0 Å². The Kier molecular flexibility index (Phi) is 7.70. The summed E-state index contributed by atoms with van der Waals surface area (Å²) >= 11 is 0. The third-order valence-electron chi connectivity index (χ3n) is 6.18. The number of fused-ring (bicyclic) bond motifs is 1. The lowest BCUT2D eigenvalue weighted by atomic mass is 9.80. The molecule has 0 radical (unpaired) electrons. The Balaban J connectivity index is 2.33.